The van der Waals surface area contributed by atoms with Crippen LogP contribution in [0.2, 0.25) is 0 Å². The molecule has 1 aromatic heterocycles. The van der Waals surface area contributed by atoms with E-state index < -0.39 is 11.9 Å². The predicted molar refractivity (Wildman–Crippen MR) is 115 cm³/mol. The van der Waals surface area contributed by atoms with E-state index in [9.17, 15) is 14.4 Å². The molecule has 4 rings (SSSR count). The summed E-state index contributed by atoms with van der Waals surface area (Å²) >= 11 is 0. The monoisotopic (exact) mass is 438 g/mol. The summed E-state index contributed by atoms with van der Waals surface area (Å²) in [5.41, 5.74) is 1.10. The van der Waals surface area contributed by atoms with E-state index >= 15 is 0 Å². The van der Waals surface area contributed by atoms with Gasteiger partial charge in [0.15, 0.2) is 6.61 Å². The first-order valence-electron chi connectivity index (χ1n) is 10.1. The van der Waals surface area contributed by atoms with Gasteiger partial charge in [0.2, 0.25) is 5.76 Å². The maximum atomic E-state index is 13.1. The molecule has 32 heavy (non-hydrogen) atoms. The highest BCUT2D eigenvalue weighted by atomic mass is 16.6. The van der Waals surface area contributed by atoms with Crippen LogP contribution >= 0.6 is 0 Å². The summed E-state index contributed by atoms with van der Waals surface area (Å²) in [6.45, 7) is 1.52. The molecule has 9 heteroatoms. The van der Waals surface area contributed by atoms with Crippen LogP contribution < -0.4 is 10.1 Å². The van der Waals surface area contributed by atoms with Gasteiger partial charge in [-0.1, -0.05) is 18.2 Å². The molecule has 2 heterocycles. The standard InChI is InChI=1S/C23H22N2O7/c1-29-19(26)14-31-16-6-4-5-15(13-16)22(27)24-20-17-7-2-3-8-18(17)32-21(20)23(28)25-9-11-30-12-10-25/h2-8,13H,9-12,14H2,1H3,(H,24,27). The lowest BCUT2D eigenvalue weighted by atomic mass is 10.1. The van der Waals surface area contributed by atoms with Gasteiger partial charge in [0.25, 0.3) is 11.8 Å². The SMILES string of the molecule is COC(=O)COc1cccc(C(=O)Nc2c(C(=O)N3CCOCC3)oc3ccccc23)c1. The third-order valence-electron chi connectivity index (χ3n) is 5.01. The molecule has 1 aliphatic heterocycles. The molecule has 2 amide bonds. The molecule has 0 atom stereocenters. The predicted octanol–water partition coefficient (Wildman–Crippen LogP) is 2.71. The smallest absolute Gasteiger partial charge is 0.343 e. The molecule has 166 valence electrons. The Kier molecular flexibility index (Phi) is 6.37. The number of ether oxygens (including phenoxy) is 3. The van der Waals surface area contributed by atoms with Crippen LogP contribution in [-0.4, -0.2) is 62.7 Å². The zero-order chi connectivity index (χ0) is 22.5. The maximum Gasteiger partial charge on any atom is 0.343 e. The Bertz CT molecular complexity index is 1150. The van der Waals surface area contributed by atoms with Crippen molar-refractivity contribution in [1.82, 2.24) is 4.90 Å². The van der Waals surface area contributed by atoms with E-state index in [4.69, 9.17) is 13.9 Å². The molecular weight excluding hydrogens is 416 g/mol. The number of hydrogen-bond donors (Lipinski definition) is 1. The number of methoxy groups -OCH3 is 1. The van der Waals surface area contributed by atoms with E-state index in [1.807, 2.05) is 0 Å². The molecule has 0 aliphatic carbocycles. The fourth-order valence-electron chi connectivity index (χ4n) is 3.34. The average Bonchev–Trinajstić information content (AvgIpc) is 3.21. The van der Waals surface area contributed by atoms with Gasteiger partial charge in [-0.3, -0.25) is 9.59 Å². The van der Waals surface area contributed by atoms with Gasteiger partial charge in [-0.05, 0) is 30.3 Å². The van der Waals surface area contributed by atoms with Crippen LogP contribution in [0.3, 0.4) is 0 Å². The lowest BCUT2D eigenvalue weighted by Gasteiger charge is -2.26. The Labute approximate surface area is 183 Å². The van der Waals surface area contributed by atoms with E-state index in [2.05, 4.69) is 10.1 Å². The van der Waals surface area contributed by atoms with Crippen LogP contribution in [0.4, 0.5) is 5.69 Å². The number of anilines is 1. The minimum absolute atomic E-state index is 0.0690. The number of fused-ring (bicyclic) bond motifs is 1. The van der Waals surface area contributed by atoms with Crippen molar-refractivity contribution < 1.29 is 33.0 Å². The second-order valence-electron chi connectivity index (χ2n) is 7.05. The molecule has 1 N–H and O–H groups in total. The molecule has 0 saturated carbocycles. The Balaban J connectivity index is 1.60. The maximum absolute atomic E-state index is 13.1. The van der Waals surface area contributed by atoms with Crippen LogP contribution in [0.25, 0.3) is 11.0 Å². The van der Waals surface area contributed by atoms with Gasteiger partial charge < -0.3 is 28.8 Å². The van der Waals surface area contributed by atoms with Crippen molar-refractivity contribution in [2.24, 2.45) is 0 Å². The minimum atomic E-state index is -0.531. The summed E-state index contributed by atoms with van der Waals surface area (Å²) in [4.78, 5) is 39.0. The fourth-order valence-corrected chi connectivity index (χ4v) is 3.34. The molecule has 0 radical (unpaired) electrons. The fraction of sp³-hybridized carbons (Fsp3) is 0.261. The normalized spacial score (nSPS) is 13.6. The number of nitrogens with zero attached hydrogens (tertiary/aromatic N) is 1. The largest absolute Gasteiger partial charge is 0.482 e. The average molecular weight is 438 g/mol. The first-order chi connectivity index (χ1) is 15.6. The van der Waals surface area contributed by atoms with E-state index in [1.54, 1.807) is 47.4 Å². The summed E-state index contributed by atoms with van der Waals surface area (Å²) in [7, 11) is 1.26. The first kappa shape index (κ1) is 21.4. The van der Waals surface area contributed by atoms with Gasteiger partial charge in [0.1, 0.15) is 17.0 Å². The lowest BCUT2D eigenvalue weighted by Crippen LogP contribution is -2.40. The summed E-state index contributed by atoms with van der Waals surface area (Å²) < 4.78 is 21.0. The van der Waals surface area contributed by atoms with Crippen molar-refractivity contribution in [1.29, 1.82) is 0 Å². The second kappa shape index (κ2) is 9.52. The number of rotatable bonds is 6. The van der Waals surface area contributed by atoms with Gasteiger partial charge in [0, 0.05) is 24.0 Å². The van der Waals surface area contributed by atoms with Crippen molar-refractivity contribution in [3.05, 3.63) is 59.9 Å². The van der Waals surface area contributed by atoms with Gasteiger partial charge in [-0.2, -0.15) is 0 Å². The Morgan fingerprint density at radius 1 is 1.06 bits per heavy atom. The Morgan fingerprint density at radius 3 is 2.62 bits per heavy atom. The van der Waals surface area contributed by atoms with E-state index in [0.717, 1.165) is 0 Å². The second-order valence-corrected chi connectivity index (χ2v) is 7.05. The van der Waals surface area contributed by atoms with Gasteiger partial charge >= 0.3 is 5.97 Å². The number of carbonyl (C=O) groups excluding carboxylic acids is 3. The van der Waals surface area contributed by atoms with Gasteiger partial charge in [-0.25, -0.2) is 4.79 Å². The van der Waals surface area contributed by atoms with E-state index in [-0.39, 0.29) is 18.3 Å². The molecule has 3 aromatic rings. The molecule has 9 nitrogen and oxygen atoms in total. The number of para-hydroxylation sites is 1. The van der Waals surface area contributed by atoms with Crippen LogP contribution in [0, 0.1) is 0 Å². The third kappa shape index (κ3) is 4.57. The molecular formula is C23H22N2O7. The zero-order valence-corrected chi connectivity index (χ0v) is 17.5. The van der Waals surface area contributed by atoms with Crippen molar-refractivity contribution in [2.45, 2.75) is 0 Å². The van der Waals surface area contributed by atoms with Gasteiger partial charge in [-0.15, -0.1) is 0 Å². The van der Waals surface area contributed by atoms with E-state index in [0.29, 0.717) is 54.3 Å². The van der Waals surface area contributed by atoms with Crippen LogP contribution in [0.15, 0.2) is 52.9 Å². The number of esters is 1. The highest BCUT2D eigenvalue weighted by molar-refractivity contribution is 6.14. The number of amides is 2. The lowest BCUT2D eigenvalue weighted by molar-refractivity contribution is -0.142. The zero-order valence-electron chi connectivity index (χ0n) is 17.5. The van der Waals surface area contributed by atoms with Crippen molar-refractivity contribution >= 4 is 34.4 Å². The number of furan rings is 1. The van der Waals surface area contributed by atoms with Crippen LogP contribution in [-0.2, 0) is 14.3 Å². The molecule has 2 aromatic carbocycles. The number of hydrogen-bond acceptors (Lipinski definition) is 7. The van der Waals surface area contributed by atoms with E-state index in [1.165, 1.54) is 13.2 Å². The Morgan fingerprint density at radius 2 is 1.84 bits per heavy atom. The molecule has 1 fully saturated rings. The van der Waals surface area contributed by atoms with Gasteiger partial charge in [0.05, 0.1) is 20.3 Å². The molecule has 0 unspecified atom stereocenters. The molecule has 0 spiro atoms. The van der Waals surface area contributed by atoms with Crippen molar-refractivity contribution in [3.8, 4) is 5.75 Å². The molecule has 0 bridgehead atoms. The number of carbonyl (C=O) groups is 3. The topological polar surface area (TPSA) is 107 Å². The van der Waals surface area contributed by atoms with Crippen LogP contribution in [0.1, 0.15) is 20.9 Å². The third-order valence-corrected chi connectivity index (χ3v) is 5.01. The quantitative estimate of drug-likeness (QED) is 0.590. The summed E-state index contributed by atoms with van der Waals surface area (Å²) in [6, 6.07) is 13.5. The number of nitrogens with one attached hydrogen (secondary N) is 1. The number of benzene rings is 2. The first-order valence-corrected chi connectivity index (χ1v) is 10.1. The number of morpholine rings is 1. The van der Waals surface area contributed by atoms with Crippen molar-refractivity contribution in [3.63, 3.8) is 0 Å². The summed E-state index contributed by atoms with van der Waals surface area (Å²) in [5, 5.41) is 3.44. The highest BCUT2D eigenvalue weighted by Gasteiger charge is 2.27. The van der Waals surface area contributed by atoms with Crippen molar-refractivity contribution in [2.75, 3.05) is 45.3 Å². The minimum Gasteiger partial charge on any atom is -0.482 e. The summed E-state index contributed by atoms with van der Waals surface area (Å²) in [6.07, 6.45) is 0. The Hall–Kier alpha value is -3.85. The highest BCUT2D eigenvalue weighted by Crippen LogP contribution is 2.32. The molecule has 1 saturated heterocycles. The molecule has 1 aliphatic rings. The van der Waals surface area contributed by atoms with Crippen LogP contribution in [0.5, 0.6) is 5.75 Å². The summed E-state index contributed by atoms with van der Waals surface area (Å²) in [5.74, 6) is -0.883.